The first-order valence-corrected chi connectivity index (χ1v) is 12.0. The van der Waals surface area contributed by atoms with E-state index in [2.05, 4.69) is 10.9 Å². The number of nitrogens with one attached hydrogen (secondary N) is 2. The number of carbonyl (C=O) groups excluding carboxylic acids is 3. The Morgan fingerprint density at radius 1 is 1.05 bits per heavy atom. The Bertz CT molecular complexity index is 1140. The monoisotopic (exact) mass is 542 g/mol. The van der Waals surface area contributed by atoms with Crippen molar-refractivity contribution in [3.8, 4) is 5.75 Å². The van der Waals surface area contributed by atoms with Gasteiger partial charge >= 0.3 is 6.09 Å². The highest BCUT2D eigenvalue weighted by Crippen LogP contribution is 2.24. The summed E-state index contributed by atoms with van der Waals surface area (Å²) in [6.45, 7) is 4.88. The van der Waals surface area contributed by atoms with E-state index in [9.17, 15) is 27.6 Å². The second kappa shape index (κ2) is 13.2. The molecule has 3 amide bonds. The molecule has 0 aliphatic carbocycles. The lowest BCUT2D eigenvalue weighted by Gasteiger charge is -2.24. The average Bonchev–Trinajstić information content (AvgIpc) is 2.80. The van der Waals surface area contributed by atoms with Crippen LogP contribution < -0.4 is 20.7 Å². The highest BCUT2D eigenvalue weighted by molar-refractivity contribution is 7.97. The van der Waals surface area contributed by atoms with E-state index in [1.54, 1.807) is 27.7 Å². The molecule has 0 saturated heterocycles. The van der Waals surface area contributed by atoms with E-state index in [4.69, 9.17) is 14.6 Å². The lowest BCUT2D eigenvalue weighted by atomic mass is 10.1. The van der Waals surface area contributed by atoms with Crippen molar-refractivity contribution in [2.75, 3.05) is 13.2 Å². The minimum Gasteiger partial charge on any atom is -0.483 e. The molecule has 0 saturated carbocycles. The number of halogens is 3. The zero-order valence-electron chi connectivity index (χ0n) is 20.8. The Balaban J connectivity index is 2.17. The van der Waals surface area contributed by atoms with Gasteiger partial charge < -0.3 is 14.4 Å². The average molecular weight is 543 g/mol. The predicted molar refractivity (Wildman–Crippen MR) is 131 cm³/mol. The van der Waals surface area contributed by atoms with Gasteiger partial charge in [-0.1, -0.05) is 13.0 Å². The van der Waals surface area contributed by atoms with Crippen molar-refractivity contribution in [3.63, 3.8) is 0 Å². The smallest absolute Gasteiger partial charge is 0.426 e. The molecule has 0 bridgehead atoms. The molecule has 9 nitrogen and oxygen atoms in total. The Morgan fingerprint density at radius 2 is 1.76 bits per heavy atom. The topological polar surface area (TPSA) is 123 Å². The molecule has 0 aromatic heterocycles. The van der Waals surface area contributed by atoms with Crippen LogP contribution in [0.2, 0.25) is 0 Å². The molecular weight excluding hydrogens is 513 g/mol. The summed E-state index contributed by atoms with van der Waals surface area (Å²) in [6.07, 6.45) is -0.752. The number of nitrogens with two attached hydrogens (primary N) is 1. The van der Waals surface area contributed by atoms with Crippen LogP contribution in [-0.2, 0) is 27.3 Å². The van der Waals surface area contributed by atoms with Gasteiger partial charge in [-0.05, 0) is 51.3 Å². The standard InChI is InChI=1S/C24H29F3N4O5S/c1-5-17-19(27)8-15(25)9-20(17)35-13-22(33)31(11-14-6-7-16(37-28)10-18(14)26)12-21(32)29-30-23(34)36-24(2,3)4/h6-10H,5,11-13,28H2,1-4H3,(H,29,32)(H,30,34). The van der Waals surface area contributed by atoms with E-state index in [1.165, 1.54) is 18.2 Å². The maximum Gasteiger partial charge on any atom is 0.426 e. The van der Waals surface area contributed by atoms with Gasteiger partial charge in [-0.2, -0.15) is 0 Å². The van der Waals surface area contributed by atoms with Crippen LogP contribution in [0.3, 0.4) is 0 Å². The lowest BCUT2D eigenvalue weighted by molar-refractivity contribution is -0.138. The van der Waals surface area contributed by atoms with E-state index < -0.39 is 54.1 Å². The summed E-state index contributed by atoms with van der Waals surface area (Å²) >= 11 is 0.834. The van der Waals surface area contributed by atoms with Crippen molar-refractivity contribution in [2.24, 2.45) is 5.14 Å². The first-order valence-electron chi connectivity index (χ1n) is 11.1. The van der Waals surface area contributed by atoms with Crippen LogP contribution in [0, 0.1) is 17.5 Å². The summed E-state index contributed by atoms with van der Waals surface area (Å²) in [6, 6.07) is 5.76. The lowest BCUT2D eigenvalue weighted by Crippen LogP contribution is -2.49. The molecule has 13 heteroatoms. The molecule has 37 heavy (non-hydrogen) atoms. The Labute approximate surface area is 217 Å². The van der Waals surface area contributed by atoms with E-state index in [1.807, 2.05) is 0 Å². The SMILES string of the molecule is CCc1c(F)cc(F)cc1OCC(=O)N(CC(=O)NNC(=O)OC(C)(C)C)Cc1ccc(SN)cc1F. The van der Waals surface area contributed by atoms with Gasteiger partial charge in [0.15, 0.2) is 6.61 Å². The molecule has 0 heterocycles. The van der Waals surface area contributed by atoms with E-state index in [-0.39, 0.29) is 29.8 Å². The van der Waals surface area contributed by atoms with Crippen LogP contribution in [0.5, 0.6) is 5.75 Å². The fourth-order valence-corrected chi connectivity index (χ4v) is 3.41. The zero-order valence-corrected chi connectivity index (χ0v) is 21.6. The number of nitrogens with zero attached hydrogens (tertiary/aromatic N) is 1. The number of hydrogen-bond acceptors (Lipinski definition) is 7. The molecule has 0 fully saturated rings. The molecule has 0 unspecified atom stereocenters. The summed E-state index contributed by atoms with van der Waals surface area (Å²) in [7, 11) is 0. The zero-order chi connectivity index (χ0) is 27.8. The van der Waals surface area contributed by atoms with E-state index in [0.717, 1.165) is 22.9 Å². The van der Waals surface area contributed by atoms with Crippen LogP contribution >= 0.6 is 11.9 Å². The van der Waals surface area contributed by atoms with Crippen molar-refractivity contribution < 1.29 is 37.0 Å². The fraction of sp³-hybridized carbons (Fsp3) is 0.375. The molecule has 0 aliphatic heterocycles. The van der Waals surface area contributed by atoms with Gasteiger partial charge in [0.25, 0.3) is 11.8 Å². The number of rotatable bonds is 9. The Kier molecular flexibility index (Phi) is 10.6. The summed E-state index contributed by atoms with van der Waals surface area (Å²) in [5.74, 6) is -4.15. The summed E-state index contributed by atoms with van der Waals surface area (Å²) < 4.78 is 52.7. The van der Waals surface area contributed by atoms with E-state index in [0.29, 0.717) is 11.0 Å². The van der Waals surface area contributed by atoms with Crippen molar-refractivity contribution in [2.45, 2.75) is 51.2 Å². The third-order valence-electron chi connectivity index (χ3n) is 4.74. The van der Waals surface area contributed by atoms with Crippen molar-refractivity contribution in [1.82, 2.24) is 15.8 Å². The largest absolute Gasteiger partial charge is 0.483 e. The second-order valence-electron chi connectivity index (χ2n) is 8.80. The first-order chi connectivity index (χ1) is 17.3. The molecule has 4 N–H and O–H groups in total. The molecule has 0 spiro atoms. The van der Waals surface area contributed by atoms with Crippen LogP contribution in [0.15, 0.2) is 35.2 Å². The molecule has 0 radical (unpaired) electrons. The van der Waals surface area contributed by atoms with Crippen LogP contribution in [0.1, 0.15) is 38.8 Å². The molecule has 0 aliphatic rings. The van der Waals surface area contributed by atoms with Crippen LogP contribution in [0.4, 0.5) is 18.0 Å². The first kappa shape index (κ1) is 29.8. The van der Waals surface area contributed by atoms with Crippen LogP contribution in [0.25, 0.3) is 0 Å². The van der Waals surface area contributed by atoms with E-state index >= 15 is 0 Å². The summed E-state index contributed by atoms with van der Waals surface area (Å²) in [5.41, 5.74) is 3.49. The second-order valence-corrected chi connectivity index (χ2v) is 9.51. The van der Waals surface area contributed by atoms with Gasteiger partial charge in [-0.25, -0.2) is 23.4 Å². The van der Waals surface area contributed by atoms with Gasteiger partial charge in [0, 0.05) is 34.7 Å². The number of carbonyl (C=O) groups is 3. The fourth-order valence-electron chi connectivity index (χ4n) is 3.09. The van der Waals surface area contributed by atoms with Crippen LogP contribution in [-0.4, -0.2) is 41.6 Å². The minimum absolute atomic E-state index is 0.0703. The number of hydrogen-bond donors (Lipinski definition) is 3. The molecule has 2 aromatic carbocycles. The number of ether oxygens (including phenoxy) is 2. The highest BCUT2D eigenvalue weighted by atomic mass is 32.2. The Morgan fingerprint density at radius 3 is 2.35 bits per heavy atom. The summed E-state index contributed by atoms with van der Waals surface area (Å²) in [4.78, 5) is 38.6. The third kappa shape index (κ3) is 9.50. The Hall–Kier alpha value is -3.45. The van der Waals surface area contributed by atoms with Gasteiger partial charge in [0.05, 0.1) is 0 Å². The van der Waals surface area contributed by atoms with Gasteiger partial charge in [0.1, 0.15) is 35.3 Å². The van der Waals surface area contributed by atoms with Gasteiger partial charge in [-0.3, -0.25) is 20.2 Å². The summed E-state index contributed by atoms with van der Waals surface area (Å²) in [5, 5.41) is 5.44. The van der Waals surface area contributed by atoms with Gasteiger partial charge in [0.2, 0.25) is 0 Å². The molecular formula is C24H29F3N4O5S. The quantitative estimate of drug-likeness (QED) is 0.327. The van der Waals surface area contributed by atoms with Crippen molar-refractivity contribution in [3.05, 3.63) is 58.9 Å². The number of hydrazine groups is 1. The predicted octanol–water partition coefficient (Wildman–Crippen LogP) is 3.60. The van der Waals surface area contributed by atoms with Crippen molar-refractivity contribution in [1.29, 1.82) is 0 Å². The van der Waals surface area contributed by atoms with Gasteiger partial charge in [-0.15, -0.1) is 0 Å². The number of benzene rings is 2. The van der Waals surface area contributed by atoms with Crippen molar-refractivity contribution >= 4 is 29.9 Å². The maximum absolute atomic E-state index is 14.6. The molecule has 2 rings (SSSR count). The highest BCUT2D eigenvalue weighted by Gasteiger charge is 2.22. The molecule has 2 aromatic rings. The minimum atomic E-state index is -0.928. The normalized spacial score (nSPS) is 11.0. The maximum atomic E-state index is 14.6. The number of amides is 3. The molecule has 202 valence electrons. The molecule has 0 atom stereocenters. The third-order valence-corrected chi connectivity index (χ3v) is 5.26.